The second-order valence-electron chi connectivity index (χ2n) is 12.6. The Bertz CT molecular complexity index is 1620. The van der Waals surface area contributed by atoms with Gasteiger partial charge in [-0.1, -0.05) is 37.5 Å². The third-order valence-corrected chi connectivity index (χ3v) is 9.17. The molecule has 7 heteroatoms. The highest BCUT2D eigenvalue weighted by molar-refractivity contribution is 5.99. The van der Waals surface area contributed by atoms with E-state index < -0.39 is 5.97 Å². The molecule has 1 fully saturated rings. The van der Waals surface area contributed by atoms with E-state index in [4.69, 9.17) is 4.74 Å². The number of ether oxygens (including phenoxy) is 1. The molecule has 0 atom stereocenters. The lowest BCUT2D eigenvalue weighted by atomic mass is 9.81. The summed E-state index contributed by atoms with van der Waals surface area (Å²) >= 11 is 0. The monoisotopic (exact) mass is 580 g/mol. The van der Waals surface area contributed by atoms with Gasteiger partial charge in [-0.15, -0.1) is 0 Å². The fourth-order valence-corrected chi connectivity index (χ4v) is 6.88. The number of carboxylic acids is 1. The van der Waals surface area contributed by atoms with Crippen molar-refractivity contribution in [2.75, 3.05) is 57.6 Å². The van der Waals surface area contributed by atoms with Crippen LogP contribution in [0, 0.1) is 0 Å². The van der Waals surface area contributed by atoms with Crippen LogP contribution in [0.25, 0.3) is 22.2 Å². The first-order valence-electron chi connectivity index (χ1n) is 15.6. The zero-order valence-electron chi connectivity index (χ0n) is 26.0. The van der Waals surface area contributed by atoms with Crippen molar-refractivity contribution in [3.8, 4) is 17.0 Å². The molecule has 0 radical (unpaired) electrons. The molecular weight excluding hydrogens is 536 g/mol. The Morgan fingerprint density at radius 1 is 0.953 bits per heavy atom. The summed E-state index contributed by atoms with van der Waals surface area (Å²) in [6.45, 7) is 3.99. The first-order valence-corrected chi connectivity index (χ1v) is 15.6. The van der Waals surface area contributed by atoms with Gasteiger partial charge in [0.25, 0.3) is 0 Å². The van der Waals surface area contributed by atoms with Crippen LogP contribution in [0.2, 0.25) is 0 Å². The molecule has 7 nitrogen and oxygen atoms in total. The summed E-state index contributed by atoms with van der Waals surface area (Å²) in [5.41, 5.74) is 8.75. The molecule has 1 aliphatic heterocycles. The minimum Gasteiger partial charge on any atom is -0.489 e. The van der Waals surface area contributed by atoms with Gasteiger partial charge in [0.2, 0.25) is 0 Å². The van der Waals surface area contributed by atoms with E-state index in [1.807, 2.05) is 6.07 Å². The van der Waals surface area contributed by atoms with E-state index >= 15 is 0 Å². The zero-order valence-corrected chi connectivity index (χ0v) is 26.0. The van der Waals surface area contributed by atoms with E-state index in [0.29, 0.717) is 18.1 Å². The van der Waals surface area contributed by atoms with Crippen LogP contribution in [-0.4, -0.2) is 68.4 Å². The number of carboxylic acid groups (broad SMARTS) is 1. The molecule has 2 aliphatic rings. The Hall–Kier alpha value is -3.97. The smallest absolute Gasteiger partial charge is 0.335 e. The third-order valence-electron chi connectivity index (χ3n) is 9.17. The summed E-state index contributed by atoms with van der Waals surface area (Å²) in [6, 6.07) is 20.8. The summed E-state index contributed by atoms with van der Waals surface area (Å²) in [7, 11) is 8.34. The molecule has 0 unspecified atom stereocenters. The molecule has 2 heterocycles. The molecular formula is C36H44N4O3. The molecule has 6 rings (SSSR count). The lowest BCUT2D eigenvalue weighted by molar-refractivity contribution is 0.0697. The molecule has 4 aromatic rings. The highest BCUT2D eigenvalue weighted by Crippen LogP contribution is 2.48. The first kappa shape index (κ1) is 29.1. The quantitative estimate of drug-likeness (QED) is 0.228. The predicted molar refractivity (Wildman–Crippen MR) is 176 cm³/mol. The molecule has 0 bridgehead atoms. The maximum absolute atomic E-state index is 12.0. The second kappa shape index (κ2) is 12.3. The van der Waals surface area contributed by atoms with E-state index in [2.05, 4.69) is 96.0 Å². The second-order valence-corrected chi connectivity index (χ2v) is 12.6. The van der Waals surface area contributed by atoms with Crippen LogP contribution in [0.15, 0.2) is 60.7 Å². The first-order chi connectivity index (χ1) is 20.8. The van der Waals surface area contributed by atoms with Gasteiger partial charge >= 0.3 is 5.97 Å². The zero-order chi connectivity index (χ0) is 30.1. The van der Waals surface area contributed by atoms with E-state index in [0.717, 1.165) is 48.7 Å². The molecule has 1 N–H and O–H groups in total. The number of hydrogen-bond donors (Lipinski definition) is 1. The van der Waals surface area contributed by atoms with Crippen molar-refractivity contribution in [3.05, 3.63) is 77.4 Å². The molecule has 43 heavy (non-hydrogen) atoms. The number of likely N-dealkylation sites (N-methyl/N-ethyl adjacent to an activating group) is 1. The number of rotatable bonds is 9. The summed E-state index contributed by atoms with van der Waals surface area (Å²) in [4.78, 5) is 18.8. The van der Waals surface area contributed by atoms with Crippen molar-refractivity contribution in [1.82, 2.24) is 9.47 Å². The van der Waals surface area contributed by atoms with Crippen LogP contribution in [0.4, 0.5) is 11.4 Å². The number of nitrogens with zero attached hydrogens (tertiary/aromatic N) is 4. The van der Waals surface area contributed by atoms with Crippen molar-refractivity contribution >= 4 is 28.2 Å². The standard InChI is InChI=1S/C36H44N4O3/c1-37(2)17-18-39-19-20-40-33-22-27(36(41)42)13-15-30(33)34(26-10-6-5-7-11-26)35(40)31-16-14-29(23-32(31)39)43-24-25-9-8-12-28(21-25)38(3)4/h8-9,12-16,21-23,26H,5-7,10-11,17-20,24H2,1-4H3,(H,41,42). The highest BCUT2D eigenvalue weighted by Gasteiger charge is 2.31. The number of benzene rings is 3. The van der Waals surface area contributed by atoms with Crippen LogP contribution in [0.1, 0.15) is 59.5 Å². The Morgan fingerprint density at radius 3 is 2.51 bits per heavy atom. The molecule has 1 aromatic heterocycles. The number of anilines is 2. The minimum atomic E-state index is -0.879. The van der Waals surface area contributed by atoms with Gasteiger partial charge in [0.05, 0.1) is 11.3 Å². The maximum atomic E-state index is 12.0. The Labute approximate surface area is 255 Å². The Morgan fingerprint density at radius 2 is 1.77 bits per heavy atom. The summed E-state index contributed by atoms with van der Waals surface area (Å²) in [6.07, 6.45) is 6.14. The Balaban J connectivity index is 1.46. The normalized spacial score (nSPS) is 15.3. The van der Waals surface area contributed by atoms with Crippen molar-refractivity contribution in [3.63, 3.8) is 0 Å². The average molecular weight is 581 g/mol. The fraction of sp³-hybridized carbons (Fsp3) is 0.417. The maximum Gasteiger partial charge on any atom is 0.335 e. The average Bonchev–Trinajstić information content (AvgIpc) is 3.24. The summed E-state index contributed by atoms with van der Waals surface area (Å²) in [5, 5.41) is 11.1. The van der Waals surface area contributed by atoms with Gasteiger partial charge in [-0.25, -0.2) is 4.79 Å². The summed E-state index contributed by atoms with van der Waals surface area (Å²) in [5.74, 6) is 0.460. The third kappa shape index (κ3) is 5.96. The van der Waals surface area contributed by atoms with Crippen LogP contribution >= 0.6 is 0 Å². The lowest BCUT2D eigenvalue weighted by Crippen LogP contribution is -2.33. The molecule has 1 aliphatic carbocycles. The molecule has 226 valence electrons. The molecule has 0 saturated heterocycles. The van der Waals surface area contributed by atoms with E-state index in [1.54, 1.807) is 6.07 Å². The van der Waals surface area contributed by atoms with Gasteiger partial charge in [0, 0.05) is 74.2 Å². The van der Waals surface area contributed by atoms with Crippen molar-refractivity contribution < 1.29 is 14.6 Å². The van der Waals surface area contributed by atoms with Crippen molar-refractivity contribution in [2.24, 2.45) is 0 Å². The van der Waals surface area contributed by atoms with Gasteiger partial charge < -0.3 is 29.1 Å². The van der Waals surface area contributed by atoms with Gasteiger partial charge in [-0.2, -0.15) is 0 Å². The van der Waals surface area contributed by atoms with Gasteiger partial charge in [0.15, 0.2) is 0 Å². The predicted octanol–water partition coefficient (Wildman–Crippen LogP) is 7.08. The van der Waals surface area contributed by atoms with Crippen LogP contribution in [-0.2, 0) is 13.2 Å². The number of fused-ring (bicyclic) bond motifs is 5. The fourth-order valence-electron chi connectivity index (χ4n) is 6.88. The Kier molecular flexibility index (Phi) is 8.35. The number of carbonyl (C=O) groups is 1. The van der Waals surface area contributed by atoms with Crippen LogP contribution in [0.3, 0.4) is 0 Å². The van der Waals surface area contributed by atoms with Crippen LogP contribution < -0.4 is 14.5 Å². The van der Waals surface area contributed by atoms with E-state index in [9.17, 15) is 9.90 Å². The van der Waals surface area contributed by atoms with Gasteiger partial charge in [-0.3, -0.25) is 0 Å². The van der Waals surface area contributed by atoms with Gasteiger partial charge in [0.1, 0.15) is 12.4 Å². The van der Waals surface area contributed by atoms with Crippen LogP contribution in [0.5, 0.6) is 5.75 Å². The topological polar surface area (TPSA) is 61.2 Å². The van der Waals surface area contributed by atoms with Crippen molar-refractivity contribution in [1.29, 1.82) is 0 Å². The molecule has 1 saturated carbocycles. The number of hydrogen-bond acceptors (Lipinski definition) is 5. The van der Waals surface area contributed by atoms with E-state index in [-0.39, 0.29) is 0 Å². The van der Waals surface area contributed by atoms with E-state index in [1.165, 1.54) is 60.0 Å². The molecule has 0 amide bonds. The SMILES string of the molecule is CN(C)CCN1CCn2c(c(C3CCCCC3)c3ccc(C(=O)O)cc32)-c2ccc(OCc3cccc(N(C)C)c3)cc21. The van der Waals surface area contributed by atoms with Crippen molar-refractivity contribution in [2.45, 2.75) is 51.2 Å². The minimum absolute atomic E-state index is 0.346. The molecule has 3 aromatic carbocycles. The number of aromatic carboxylic acids is 1. The highest BCUT2D eigenvalue weighted by atomic mass is 16.5. The largest absolute Gasteiger partial charge is 0.489 e. The molecule has 0 spiro atoms. The van der Waals surface area contributed by atoms with Gasteiger partial charge in [-0.05, 0) is 80.4 Å². The summed E-state index contributed by atoms with van der Waals surface area (Å²) < 4.78 is 8.83. The number of aromatic nitrogens is 1. The lowest BCUT2D eigenvalue weighted by Gasteiger charge is -2.27.